The van der Waals surface area contributed by atoms with E-state index in [1.807, 2.05) is 30.3 Å². The van der Waals surface area contributed by atoms with E-state index in [2.05, 4.69) is 4.98 Å². The van der Waals surface area contributed by atoms with Crippen molar-refractivity contribution in [3.8, 4) is 5.75 Å². The Morgan fingerprint density at radius 1 is 1.08 bits per heavy atom. The Bertz CT molecular complexity index is 1450. The zero-order valence-electron chi connectivity index (χ0n) is 19.2. The van der Waals surface area contributed by atoms with Crippen LogP contribution in [0, 0.1) is 12.7 Å². The van der Waals surface area contributed by atoms with Gasteiger partial charge < -0.3 is 9.84 Å². The van der Waals surface area contributed by atoms with Crippen molar-refractivity contribution < 1.29 is 23.8 Å². The number of thiazole rings is 1. The number of carbonyl (C=O) groups excluding carboxylic acids is 2. The number of carbonyl (C=O) groups is 2. The van der Waals surface area contributed by atoms with E-state index in [1.165, 1.54) is 34.6 Å². The first-order valence-electron chi connectivity index (χ1n) is 11.2. The fourth-order valence-electron chi connectivity index (χ4n) is 4.06. The summed E-state index contributed by atoms with van der Waals surface area (Å²) in [6.45, 7) is 1.98. The summed E-state index contributed by atoms with van der Waals surface area (Å²) in [7, 11) is 0. The van der Waals surface area contributed by atoms with E-state index in [-0.39, 0.29) is 11.1 Å². The molecule has 36 heavy (non-hydrogen) atoms. The van der Waals surface area contributed by atoms with Crippen molar-refractivity contribution in [1.29, 1.82) is 0 Å². The fourth-order valence-corrected chi connectivity index (χ4v) is 4.73. The van der Waals surface area contributed by atoms with Crippen molar-refractivity contribution in [2.45, 2.75) is 19.6 Å². The van der Waals surface area contributed by atoms with Crippen molar-refractivity contribution >= 4 is 33.9 Å². The standard InChI is InChI=1S/C28H21FN2O4S/c1-17-7-8-20(15-22(17)29)25(32)23-24(31(27(34)26(23)33)28-30-13-14-36-28)19-9-11-21(12-10-19)35-16-18-5-3-2-4-6-18/h2-15,24,32H,16H2,1H3/b25-23-. The number of hydrogen-bond acceptors (Lipinski definition) is 6. The number of aliphatic hydroxyl groups is 1. The molecule has 3 aromatic carbocycles. The first-order valence-corrected chi connectivity index (χ1v) is 12.1. The monoisotopic (exact) mass is 500 g/mol. The third-order valence-corrected chi connectivity index (χ3v) is 6.73. The lowest BCUT2D eigenvalue weighted by Crippen LogP contribution is -2.29. The molecule has 180 valence electrons. The first kappa shape index (κ1) is 23.4. The molecule has 0 bridgehead atoms. The molecule has 4 aromatic rings. The van der Waals surface area contributed by atoms with Gasteiger partial charge in [-0.3, -0.25) is 14.5 Å². The Morgan fingerprint density at radius 2 is 1.83 bits per heavy atom. The van der Waals surface area contributed by atoms with Crippen molar-refractivity contribution in [2.75, 3.05) is 4.90 Å². The van der Waals surface area contributed by atoms with Crippen LogP contribution in [0.3, 0.4) is 0 Å². The molecule has 1 saturated heterocycles. The van der Waals surface area contributed by atoms with Gasteiger partial charge in [-0.2, -0.15) is 0 Å². The van der Waals surface area contributed by atoms with E-state index in [0.717, 1.165) is 11.6 Å². The fraction of sp³-hybridized carbons (Fsp3) is 0.107. The number of rotatable bonds is 6. The second-order valence-corrected chi connectivity index (χ2v) is 9.16. The molecule has 2 heterocycles. The lowest BCUT2D eigenvalue weighted by atomic mass is 9.95. The van der Waals surface area contributed by atoms with Gasteiger partial charge in [0.25, 0.3) is 5.78 Å². The van der Waals surface area contributed by atoms with Crippen LogP contribution in [0.25, 0.3) is 5.76 Å². The Hall–Kier alpha value is -4.30. The molecule has 6 nitrogen and oxygen atoms in total. The number of ether oxygens (including phenoxy) is 1. The number of aryl methyl sites for hydroxylation is 1. The number of Topliss-reactive ketones (excluding diaryl/α,β-unsaturated/α-hetero) is 1. The molecule has 0 saturated carbocycles. The number of ketones is 1. The predicted molar refractivity (Wildman–Crippen MR) is 135 cm³/mol. The zero-order chi connectivity index (χ0) is 25.2. The largest absolute Gasteiger partial charge is 0.507 e. The minimum absolute atomic E-state index is 0.114. The van der Waals surface area contributed by atoms with Crippen LogP contribution in [0.4, 0.5) is 9.52 Å². The van der Waals surface area contributed by atoms with E-state index in [0.29, 0.717) is 28.6 Å². The van der Waals surface area contributed by atoms with Crippen molar-refractivity contribution in [1.82, 2.24) is 4.98 Å². The smallest absolute Gasteiger partial charge is 0.301 e. The van der Waals surface area contributed by atoms with E-state index >= 15 is 0 Å². The molecule has 1 amide bonds. The summed E-state index contributed by atoms with van der Waals surface area (Å²) < 4.78 is 20.1. The molecule has 1 aliphatic rings. The SMILES string of the molecule is Cc1ccc(/C(O)=C2/C(=O)C(=O)N(c3nccs3)C2c2ccc(OCc3ccccc3)cc2)cc1F. The highest BCUT2D eigenvalue weighted by Crippen LogP contribution is 2.43. The summed E-state index contributed by atoms with van der Waals surface area (Å²) >= 11 is 1.20. The molecule has 1 fully saturated rings. The predicted octanol–water partition coefficient (Wildman–Crippen LogP) is 5.80. The minimum atomic E-state index is -0.941. The summed E-state index contributed by atoms with van der Waals surface area (Å²) in [6.07, 6.45) is 1.53. The maximum atomic E-state index is 14.2. The van der Waals surface area contributed by atoms with Gasteiger partial charge in [0.1, 0.15) is 23.9 Å². The highest BCUT2D eigenvalue weighted by molar-refractivity contribution is 7.14. The van der Waals surface area contributed by atoms with Crippen LogP contribution in [0.15, 0.2) is 89.9 Å². The molecule has 1 atom stereocenters. The number of halogens is 1. The molecule has 5 rings (SSSR count). The number of aliphatic hydroxyl groups excluding tert-OH is 1. The Labute approximate surface area is 210 Å². The van der Waals surface area contributed by atoms with Crippen LogP contribution in [-0.2, 0) is 16.2 Å². The average molecular weight is 501 g/mol. The average Bonchev–Trinajstić information content (AvgIpc) is 3.51. The van der Waals surface area contributed by atoms with Gasteiger partial charge in [-0.05, 0) is 41.8 Å². The topological polar surface area (TPSA) is 79.7 Å². The van der Waals surface area contributed by atoms with Crippen LogP contribution in [-0.4, -0.2) is 21.8 Å². The highest BCUT2D eigenvalue weighted by Gasteiger charge is 2.48. The Morgan fingerprint density at radius 3 is 2.50 bits per heavy atom. The Kier molecular flexibility index (Phi) is 6.35. The third kappa shape index (κ3) is 4.38. The molecule has 1 aliphatic heterocycles. The molecular weight excluding hydrogens is 479 g/mol. The van der Waals surface area contributed by atoms with Crippen LogP contribution in [0.1, 0.15) is 28.3 Å². The normalized spacial score (nSPS) is 16.9. The van der Waals surface area contributed by atoms with Gasteiger partial charge in [0.2, 0.25) is 0 Å². The summed E-state index contributed by atoms with van der Waals surface area (Å²) in [5.41, 5.74) is 1.98. The summed E-state index contributed by atoms with van der Waals surface area (Å²) in [4.78, 5) is 31.7. The van der Waals surface area contributed by atoms with Gasteiger partial charge >= 0.3 is 5.91 Å². The number of aromatic nitrogens is 1. The zero-order valence-corrected chi connectivity index (χ0v) is 20.0. The third-order valence-electron chi connectivity index (χ3n) is 5.96. The number of hydrogen-bond donors (Lipinski definition) is 1. The van der Waals surface area contributed by atoms with Crippen molar-refractivity contribution in [3.63, 3.8) is 0 Å². The van der Waals surface area contributed by atoms with Gasteiger partial charge in [-0.1, -0.05) is 54.6 Å². The van der Waals surface area contributed by atoms with Gasteiger partial charge in [-0.25, -0.2) is 9.37 Å². The molecular formula is C28H21FN2O4S. The number of anilines is 1. The van der Waals surface area contributed by atoms with Crippen molar-refractivity contribution in [2.24, 2.45) is 0 Å². The number of benzene rings is 3. The van der Waals surface area contributed by atoms with Crippen LogP contribution in [0.5, 0.6) is 5.75 Å². The molecule has 0 aliphatic carbocycles. The molecule has 1 N–H and O–H groups in total. The van der Waals surface area contributed by atoms with E-state index in [1.54, 1.807) is 36.6 Å². The number of nitrogens with zero attached hydrogens (tertiary/aromatic N) is 2. The molecule has 1 unspecified atom stereocenters. The molecule has 8 heteroatoms. The molecule has 0 radical (unpaired) electrons. The van der Waals surface area contributed by atoms with Crippen molar-refractivity contribution in [3.05, 3.63) is 118 Å². The second-order valence-electron chi connectivity index (χ2n) is 8.29. The van der Waals surface area contributed by atoms with Crippen LogP contribution >= 0.6 is 11.3 Å². The van der Waals surface area contributed by atoms with Gasteiger partial charge in [0.15, 0.2) is 5.13 Å². The van der Waals surface area contributed by atoms with Crippen LogP contribution in [0.2, 0.25) is 0 Å². The van der Waals surface area contributed by atoms with Gasteiger partial charge in [0, 0.05) is 17.1 Å². The second kappa shape index (κ2) is 9.75. The highest BCUT2D eigenvalue weighted by atomic mass is 32.1. The lowest BCUT2D eigenvalue weighted by molar-refractivity contribution is -0.132. The summed E-state index contributed by atoms with van der Waals surface area (Å²) in [5, 5.41) is 13.1. The lowest BCUT2D eigenvalue weighted by Gasteiger charge is -2.23. The Balaban J connectivity index is 1.54. The van der Waals surface area contributed by atoms with Crippen LogP contribution < -0.4 is 9.64 Å². The summed E-state index contributed by atoms with van der Waals surface area (Å²) in [6, 6.07) is 19.9. The van der Waals surface area contributed by atoms with E-state index in [4.69, 9.17) is 4.74 Å². The van der Waals surface area contributed by atoms with Gasteiger partial charge in [0.05, 0.1) is 11.6 Å². The maximum Gasteiger partial charge on any atom is 0.301 e. The maximum absolute atomic E-state index is 14.2. The summed E-state index contributed by atoms with van der Waals surface area (Å²) in [5.74, 6) is -2.04. The van der Waals surface area contributed by atoms with E-state index in [9.17, 15) is 19.1 Å². The quantitative estimate of drug-likeness (QED) is 0.206. The van der Waals surface area contributed by atoms with E-state index < -0.39 is 29.3 Å². The first-order chi connectivity index (χ1) is 17.4. The number of amides is 1. The minimum Gasteiger partial charge on any atom is -0.507 e. The molecule has 1 aromatic heterocycles. The van der Waals surface area contributed by atoms with Gasteiger partial charge in [-0.15, -0.1) is 11.3 Å². The molecule has 0 spiro atoms.